The molecule has 1 fully saturated rings. The zero-order chi connectivity index (χ0) is 24.2. The molecule has 0 bridgehead atoms. The van der Waals surface area contributed by atoms with Crippen molar-refractivity contribution >= 4 is 23.5 Å². The van der Waals surface area contributed by atoms with Crippen molar-refractivity contribution < 1.29 is 23.4 Å². The van der Waals surface area contributed by atoms with Crippen LogP contribution in [-0.2, 0) is 0 Å². The van der Waals surface area contributed by atoms with E-state index in [4.69, 9.17) is 21.4 Å². The zero-order valence-corrected chi connectivity index (χ0v) is 19.5. The average molecular weight is 494 g/mol. The van der Waals surface area contributed by atoms with Gasteiger partial charge in [0, 0.05) is 48.8 Å². The summed E-state index contributed by atoms with van der Waals surface area (Å²) in [5, 5.41) is 13.2. The van der Waals surface area contributed by atoms with Gasteiger partial charge in [0.25, 0.3) is 5.78 Å². The van der Waals surface area contributed by atoms with Crippen LogP contribution in [0, 0.1) is 11.6 Å². The van der Waals surface area contributed by atoms with E-state index in [9.17, 15) is 4.79 Å². The Balaban J connectivity index is 1.63. The quantitative estimate of drug-likeness (QED) is 0.279. The Labute approximate surface area is 200 Å². The minimum absolute atomic E-state index is 0.00639. The molecule has 182 valence electrons. The van der Waals surface area contributed by atoms with Crippen LogP contribution in [0.5, 0.6) is 5.75 Å². The molecule has 2 heterocycles. The number of aromatic nitrogens is 4. The lowest BCUT2D eigenvalue weighted by molar-refractivity contribution is 0.152. The van der Waals surface area contributed by atoms with Crippen LogP contribution in [0.3, 0.4) is 0 Å². The highest BCUT2D eigenvalue weighted by Crippen LogP contribution is 2.40. The van der Waals surface area contributed by atoms with Crippen LogP contribution in [0.2, 0.25) is 0 Å². The first-order valence-electron chi connectivity index (χ1n) is 11.2. The Hall–Kier alpha value is -3.01. The van der Waals surface area contributed by atoms with Gasteiger partial charge in [-0.05, 0) is 32.1 Å². The Kier molecular flexibility index (Phi) is 7.45. The number of benzene rings is 1. The first-order chi connectivity index (χ1) is 16.3. The van der Waals surface area contributed by atoms with Crippen LogP contribution in [0.25, 0.3) is 16.9 Å². The minimum atomic E-state index is -1.05. The van der Waals surface area contributed by atoms with Gasteiger partial charge in [-0.25, -0.2) is 23.1 Å². The van der Waals surface area contributed by atoms with E-state index in [0.717, 1.165) is 49.1 Å². The molecule has 1 amide bonds. The summed E-state index contributed by atoms with van der Waals surface area (Å²) in [6.07, 6.45) is 6.37. The van der Waals surface area contributed by atoms with Gasteiger partial charge in [-0.1, -0.05) is 6.42 Å². The van der Waals surface area contributed by atoms with Gasteiger partial charge in [0.1, 0.15) is 23.7 Å². The van der Waals surface area contributed by atoms with Gasteiger partial charge in [0.2, 0.25) is 0 Å². The average Bonchev–Trinajstić information content (AvgIpc) is 3.17. The Morgan fingerprint density at radius 3 is 2.74 bits per heavy atom. The summed E-state index contributed by atoms with van der Waals surface area (Å²) >= 11 is 6.37. The van der Waals surface area contributed by atoms with Crippen LogP contribution in [0.1, 0.15) is 50.1 Å². The van der Waals surface area contributed by atoms with Crippen LogP contribution in [0.15, 0.2) is 24.7 Å². The molecular weight excluding hydrogens is 468 g/mol. The van der Waals surface area contributed by atoms with Gasteiger partial charge in [-0.15, -0.1) is 11.6 Å². The third kappa shape index (κ3) is 5.22. The highest BCUT2D eigenvalue weighted by molar-refractivity contribution is 6.20. The van der Waals surface area contributed by atoms with Crippen LogP contribution >= 0.6 is 11.6 Å². The highest BCUT2D eigenvalue weighted by Gasteiger charge is 2.27. The number of ether oxygens (including phenoxy) is 1. The molecule has 1 saturated carbocycles. The number of amides is 1. The van der Waals surface area contributed by atoms with Crippen LogP contribution in [-0.4, -0.2) is 61.3 Å². The summed E-state index contributed by atoms with van der Waals surface area (Å²) in [5.41, 5.74) is 0.821. The zero-order valence-electron chi connectivity index (χ0n) is 18.8. The summed E-state index contributed by atoms with van der Waals surface area (Å²) in [5.74, 6) is -1.13. The van der Waals surface area contributed by atoms with E-state index in [1.54, 1.807) is 4.52 Å². The lowest BCUT2D eigenvalue weighted by atomic mass is 9.90. The van der Waals surface area contributed by atoms with E-state index in [1.807, 2.05) is 0 Å². The topological polar surface area (TPSA) is 92.9 Å². The molecule has 3 aromatic rings. The molecule has 1 aliphatic rings. The maximum absolute atomic E-state index is 15.3. The maximum Gasteiger partial charge on any atom is 0.407 e. The third-order valence-electron chi connectivity index (χ3n) is 6.15. The number of fused-ring (bicyclic) bond motifs is 1. The number of alkyl halides is 1. The molecular formula is C23H26ClF2N5O3. The second-order valence-electron chi connectivity index (χ2n) is 8.50. The smallest absolute Gasteiger partial charge is 0.407 e. The van der Waals surface area contributed by atoms with Crippen LogP contribution < -0.4 is 4.74 Å². The molecule has 0 spiro atoms. The van der Waals surface area contributed by atoms with Crippen LogP contribution in [0.4, 0.5) is 13.6 Å². The molecule has 1 aliphatic carbocycles. The Morgan fingerprint density at radius 1 is 1.24 bits per heavy atom. The lowest BCUT2D eigenvalue weighted by Gasteiger charge is -2.20. The van der Waals surface area contributed by atoms with Gasteiger partial charge in [-0.2, -0.15) is 10.1 Å². The standard InChI is InChI=1S/C23H26ClF2N5O3/c1-30(23(32)33)8-3-9-34-16-10-18(25)20(19(26)11-16)17-12-27-22-28-13-29-31(22)21(17)14-4-2-5-15(24)7-6-14/h10-15H,2-9H2,1H3,(H,32,33). The van der Waals surface area contributed by atoms with Crippen molar-refractivity contribution in [3.8, 4) is 16.9 Å². The van der Waals surface area contributed by atoms with Crippen molar-refractivity contribution in [2.45, 2.75) is 49.8 Å². The predicted octanol–water partition coefficient (Wildman–Crippen LogP) is 5.10. The SMILES string of the molecule is CN(CCCOc1cc(F)c(-c2cnc3ncnn3c2C2CCCC(Cl)CC2)c(F)c1)C(=O)O. The first-order valence-corrected chi connectivity index (χ1v) is 11.7. The number of halogens is 3. The summed E-state index contributed by atoms with van der Waals surface area (Å²) < 4.78 is 37.5. The number of hydrogen-bond acceptors (Lipinski definition) is 5. The molecule has 1 N–H and O–H groups in total. The maximum atomic E-state index is 15.3. The second-order valence-corrected chi connectivity index (χ2v) is 9.12. The molecule has 1 aromatic carbocycles. The largest absolute Gasteiger partial charge is 0.493 e. The number of rotatable bonds is 7. The van der Waals surface area contributed by atoms with Crippen molar-refractivity contribution in [2.24, 2.45) is 0 Å². The van der Waals surface area contributed by atoms with E-state index in [0.29, 0.717) is 23.5 Å². The summed E-state index contributed by atoms with van der Waals surface area (Å²) in [4.78, 5) is 20.3. The molecule has 0 saturated heterocycles. The van der Waals surface area contributed by atoms with E-state index in [1.165, 1.54) is 19.6 Å². The summed E-state index contributed by atoms with van der Waals surface area (Å²) in [6.45, 7) is 0.366. The van der Waals surface area contributed by atoms with Crippen molar-refractivity contribution in [3.63, 3.8) is 0 Å². The predicted molar refractivity (Wildman–Crippen MR) is 122 cm³/mol. The Bertz CT molecular complexity index is 1150. The molecule has 8 nitrogen and oxygen atoms in total. The van der Waals surface area contributed by atoms with Gasteiger partial charge >= 0.3 is 6.09 Å². The van der Waals surface area contributed by atoms with Gasteiger partial charge in [0.15, 0.2) is 0 Å². The van der Waals surface area contributed by atoms with Crippen molar-refractivity contribution in [1.82, 2.24) is 24.5 Å². The van der Waals surface area contributed by atoms with E-state index >= 15 is 8.78 Å². The van der Waals surface area contributed by atoms with E-state index < -0.39 is 17.7 Å². The molecule has 11 heteroatoms. The fraction of sp³-hybridized carbons (Fsp3) is 0.478. The molecule has 2 atom stereocenters. The van der Waals surface area contributed by atoms with Gasteiger partial charge in [-0.3, -0.25) is 0 Å². The number of nitrogens with zero attached hydrogens (tertiary/aromatic N) is 5. The number of hydrogen-bond donors (Lipinski definition) is 1. The third-order valence-corrected chi connectivity index (χ3v) is 6.58. The van der Waals surface area contributed by atoms with Gasteiger partial charge < -0.3 is 14.7 Å². The molecule has 0 radical (unpaired) electrons. The molecule has 2 aromatic heterocycles. The Morgan fingerprint density at radius 2 is 2.00 bits per heavy atom. The molecule has 4 rings (SSSR count). The monoisotopic (exact) mass is 493 g/mol. The lowest BCUT2D eigenvalue weighted by Crippen LogP contribution is -2.26. The fourth-order valence-corrected chi connectivity index (χ4v) is 4.67. The summed E-state index contributed by atoms with van der Waals surface area (Å²) in [7, 11) is 1.44. The highest BCUT2D eigenvalue weighted by atomic mass is 35.5. The van der Waals surface area contributed by atoms with Crippen molar-refractivity contribution in [2.75, 3.05) is 20.2 Å². The number of carbonyl (C=O) groups is 1. The number of carboxylic acid groups (broad SMARTS) is 1. The second kappa shape index (κ2) is 10.5. The van der Waals surface area contributed by atoms with Crippen molar-refractivity contribution in [3.05, 3.63) is 42.0 Å². The van der Waals surface area contributed by atoms with E-state index in [-0.39, 0.29) is 35.8 Å². The molecule has 2 unspecified atom stereocenters. The molecule has 0 aliphatic heterocycles. The first kappa shape index (κ1) is 24.1. The normalized spacial score (nSPS) is 18.6. The molecule has 34 heavy (non-hydrogen) atoms. The van der Waals surface area contributed by atoms with Gasteiger partial charge in [0.05, 0.1) is 17.9 Å². The summed E-state index contributed by atoms with van der Waals surface area (Å²) in [6, 6.07) is 2.27. The minimum Gasteiger partial charge on any atom is -0.493 e. The van der Waals surface area contributed by atoms with Crippen molar-refractivity contribution in [1.29, 1.82) is 0 Å². The van der Waals surface area contributed by atoms with E-state index in [2.05, 4.69) is 15.1 Å². The fourth-order valence-electron chi connectivity index (χ4n) is 4.39.